The summed E-state index contributed by atoms with van der Waals surface area (Å²) in [6.45, 7) is -4.27. The Kier molecular flexibility index (Phi) is 5.08. The lowest BCUT2D eigenvalue weighted by atomic mass is 10.1. The number of fused-ring (bicyclic) bond motifs is 1. The maximum atomic E-state index is 15.8. The van der Waals surface area contributed by atoms with Crippen LogP contribution in [0.25, 0.3) is 0 Å². The number of rotatable bonds is 4. The first kappa shape index (κ1) is 19.2. The Morgan fingerprint density at radius 3 is 3.00 bits per heavy atom. The van der Waals surface area contributed by atoms with E-state index in [1.807, 2.05) is 0 Å². The molecule has 15 heteroatoms. The number of phosphoric ester groups is 1. The predicted octanol–water partition coefficient (Wildman–Crippen LogP) is 2.86. The number of nitrogens with one attached hydrogen (secondary N) is 1. The molecule has 31 heavy (non-hydrogen) atoms. The van der Waals surface area contributed by atoms with Crippen LogP contribution in [-0.2, 0) is 25.0 Å². The van der Waals surface area contributed by atoms with Crippen LogP contribution < -0.4 is 10.2 Å². The number of H-pyrrole nitrogens is 1. The summed E-state index contributed by atoms with van der Waals surface area (Å²) in [7, 11) is -4.86. The zero-order valence-corrected chi connectivity index (χ0v) is 18.2. The van der Waals surface area contributed by atoms with Gasteiger partial charge in [0.2, 0.25) is 0 Å². The Morgan fingerprint density at radius 2 is 2.26 bits per heavy atom. The number of ether oxygens (including phenoxy) is 1. The van der Waals surface area contributed by atoms with Crippen molar-refractivity contribution in [3.63, 3.8) is 0 Å². The highest BCUT2D eigenvalue weighted by Crippen LogP contribution is 2.56. The van der Waals surface area contributed by atoms with E-state index in [9.17, 15) is 19.6 Å². The fourth-order valence-corrected chi connectivity index (χ4v) is 4.28. The molecule has 168 valence electrons. The maximum Gasteiger partial charge on any atom is 0.530 e. The van der Waals surface area contributed by atoms with Crippen LogP contribution in [0, 0.1) is 4.64 Å². The molecule has 0 spiro atoms. The smallest absolute Gasteiger partial charge is 0.404 e. The van der Waals surface area contributed by atoms with Gasteiger partial charge in [0.1, 0.15) is 29.2 Å². The first-order valence-corrected chi connectivity index (χ1v) is 10.9. The zero-order valence-electron chi connectivity index (χ0n) is 18.0. The van der Waals surface area contributed by atoms with Gasteiger partial charge in [0.25, 0.3) is 5.85 Å². The van der Waals surface area contributed by atoms with Gasteiger partial charge in [-0.1, -0.05) is 35.4 Å². The van der Waals surface area contributed by atoms with Crippen molar-refractivity contribution in [3.8, 4) is 5.75 Å². The molecule has 3 N–H and O–H groups in total. The minimum atomic E-state index is -4.86. The van der Waals surface area contributed by atoms with Crippen LogP contribution in [0.3, 0.4) is 0 Å². The third kappa shape index (κ3) is 4.32. The number of alkyl halides is 1. The molecule has 2 aliphatic heterocycles. The van der Waals surface area contributed by atoms with E-state index in [1.54, 1.807) is 0 Å². The van der Waals surface area contributed by atoms with Crippen LogP contribution in [-0.4, -0.2) is 44.4 Å². The molecule has 1 aromatic carbocycles. The number of aliphatic hydroxyl groups excluding tert-OH is 2. The molecule has 1 aromatic heterocycles. The molecule has 1 fully saturated rings. The number of benzene rings is 1. The summed E-state index contributed by atoms with van der Waals surface area (Å²) in [4.78, 5) is 14.3. The fraction of sp³-hybridized carbons (Fsp3) is 0.375. The van der Waals surface area contributed by atoms with E-state index in [2.05, 4.69) is 9.51 Å². The monoisotopic (exact) mass is 517 g/mol. The van der Waals surface area contributed by atoms with Crippen molar-refractivity contribution in [1.82, 2.24) is 9.55 Å². The van der Waals surface area contributed by atoms with Crippen LogP contribution in [0.4, 0.5) is 4.39 Å². The quantitative estimate of drug-likeness (QED) is 0.413. The molecule has 1 unspecified atom stereocenters. The number of aliphatic hydroxyl groups is 2. The summed E-state index contributed by atoms with van der Waals surface area (Å²) in [5.41, 5.74) is -0.850. The first-order valence-electron chi connectivity index (χ1n) is 9.82. The molecule has 0 aliphatic carbocycles. The average molecular weight is 518 g/mol. The Hall–Kier alpha value is -1.34. The molecule has 2 aliphatic rings. The van der Waals surface area contributed by atoms with Gasteiger partial charge in [-0.2, -0.15) is 0 Å². The molecular formula is C16H14Cl2FN2O8PS. The van der Waals surface area contributed by atoms with Gasteiger partial charge >= 0.3 is 13.5 Å². The van der Waals surface area contributed by atoms with Crippen LogP contribution >= 0.6 is 43.2 Å². The Labute approximate surface area is 192 Å². The van der Waals surface area contributed by atoms with E-state index in [-0.39, 0.29) is 20.0 Å². The highest BCUT2D eigenvalue weighted by molar-refractivity contribution is 7.71. The largest absolute Gasteiger partial charge is 0.530 e. The number of halogens is 3. The number of aromatic nitrogens is 2. The summed E-state index contributed by atoms with van der Waals surface area (Å²) in [6, 6.07) is 4.10. The number of phosphoric acid groups is 1. The summed E-state index contributed by atoms with van der Waals surface area (Å²) in [5, 5.41) is 20.7. The van der Waals surface area contributed by atoms with E-state index >= 15 is 4.39 Å². The number of nitrogens with zero attached hydrogens (tertiary/aromatic N) is 1. The van der Waals surface area contributed by atoms with Gasteiger partial charge in [0.15, 0.2) is 6.20 Å². The predicted molar refractivity (Wildman–Crippen MR) is 107 cm³/mol. The Balaban J connectivity index is 1.67. The topological polar surface area (TPSA) is 132 Å². The van der Waals surface area contributed by atoms with Gasteiger partial charge in [0.05, 0.1) is 15.7 Å². The molecule has 10 nitrogen and oxygen atoms in total. The lowest BCUT2D eigenvalue weighted by Crippen LogP contribution is -2.43. The van der Waals surface area contributed by atoms with Crippen molar-refractivity contribution in [3.05, 3.63) is 55.1 Å². The van der Waals surface area contributed by atoms with Crippen LogP contribution in [0.1, 0.15) is 15.9 Å². The van der Waals surface area contributed by atoms with Crippen molar-refractivity contribution in [2.24, 2.45) is 0 Å². The molecule has 0 radical (unpaired) electrons. The summed E-state index contributed by atoms with van der Waals surface area (Å²) < 4.78 is 72.5. The third-order valence-electron chi connectivity index (χ3n) is 4.23. The van der Waals surface area contributed by atoms with Crippen LogP contribution in [0.15, 0.2) is 29.2 Å². The van der Waals surface area contributed by atoms with E-state index < -0.39 is 50.9 Å². The van der Waals surface area contributed by atoms with Crippen molar-refractivity contribution < 1.29 is 41.6 Å². The minimum Gasteiger partial charge on any atom is -0.404 e. The molecule has 3 heterocycles. The molecule has 4 rings (SSSR count). The zero-order chi connectivity index (χ0) is 25.3. The number of hydrogen-bond acceptors (Lipinski definition) is 9. The van der Waals surface area contributed by atoms with E-state index in [0.29, 0.717) is 10.6 Å². The van der Waals surface area contributed by atoms with Gasteiger partial charge in [-0.15, -0.1) is 0 Å². The molecule has 1 saturated heterocycles. The Bertz CT molecular complexity index is 1330. The lowest BCUT2D eigenvalue weighted by molar-refractivity contribution is -0.205. The van der Waals surface area contributed by atoms with E-state index in [4.69, 9.17) is 53.3 Å². The summed E-state index contributed by atoms with van der Waals surface area (Å²) in [6.07, 6.45) is -7.81. The second kappa shape index (κ2) is 8.22. The van der Waals surface area contributed by atoms with Gasteiger partial charge in [-0.25, -0.2) is 13.8 Å². The van der Waals surface area contributed by atoms with Gasteiger partial charge in [0, 0.05) is 16.8 Å². The molecule has 2 aromatic rings. The highest BCUT2D eigenvalue weighted by Gasteiger charge is 2.57. The lowest BCUT2D eigenvalue weighted by Gasteiger charge is -2.28. The van der Waals surface area contributed by atoms with Crippen LogP contribution in [0.5, 0.6) is 5.75 Å². The molecule has 0 bridgehead atoms. The van der Waals surface area contributed by atoms with Gasteiger partial charge < -0.3 is 19.5 Å². The first-order chi connectivity index (χ1) is 15.6. The minimum absolute atomic E-state index is 0.0498. The second-order valence-electron chi connectivity index (χ2n) is 6.34. The second-order valence-corrected chi connectivity index (χ2v) is 9.11. The standard InChI is InChI=1S/C16H14Cl2FN2O8PS/c17-8-1-2-10-7(3-8)5-26-30(25,29-10)27-6-16(19)12(23)11(22)14(28-16)21-4-9(18)13(31)20-15(21)24/h1-4,11-12,14,22-23H,5-6H2,(H,20,24,31)/t11-,12+,14-,16-,30?/m1/s1/i6D2,14D. The van der Waals surface area contributed by atoms with Crippen molar-refractivity contribution >= 4 is 43.2 Å². The maximum absolute atomic E-state index is 15.8. The third-order valence-corrected chi connectivity index (χ3v) is 6.37. The highest BCUT2D eigenvalue weighted by atomic mass is 35.5. The molecule has 0 amide bonds. The Morgan fingerprint density at radius 1 is 1.52 bits per heavy atom. The summed E-state index contributed by atoms with van der Waals surface area (Å²) in [5.74, 6) is -4.11. The molecular weight excluding hydrogens is 501 g/mol. The van der Waals surface area contributed by atoms with Gasteiger partial charge in [-0.3, -0.25) is 18.6 Å². The number of aromatic amines is 1. The van der Waals surface area contributed by atoms with Crippen LogP contribution in [0.2, 0.25) is 10.0 Å². The molecule has 0 saturated carbocycles. The SMILES string of the molecule is [2H]C([2H])(OP1(=O)OCc2cc(Cl)ccc2O1)[C@@]1(F)O[C@@]([2H])(n2cc(Cl)c(=S)[nH]c2=O)[C@H](O)[C@@H]1O. The average Bonchev–Trinajstić information content (AvgIpc) is 2.92. The normalized spacial score (nSPS) is 36.7. The van der Waals surface area contributed by atoms with Gasteiger partial charge in [-0.05, 0) is 18.2 Å². The van der Waals surface area contributed by atoms with Crippen molar-refractivity contribution in [2.45, 2.75) is 30.9 Å². The summed E-state index contributed by atoms with van der Waals surface area (Å²) >= 11 is 16.4. The van der Waals surface area contributed by atoms with Crippen molar-refractivity contribution in [1.29, 1.82) is 0 Å². The van der Waals surface area contributed by atoms with E-state index in [0.717, 1.165) is 6.20 Å². The van der Waals surface area contributed by atoms with Crippen molar-refractivity contribution in [2.75, 3.05) is 6.56 Å². The number of hydrogen-bond donors (Lipinski definition) is 3. The van der Waals surface area contributed by atoms with E-state index in [1.165, 1.54) is 18.2 Å². The molecule has 5 atom stereocenters. The fourth-order valence-electron chi connectivity index (χ4n) is 2.70.